The largest absolute Gasteiger partial charge is 0.481 e. The third kappa shape index (κ3) is 3.30. The number of aliphatic hydroxyl groups excluding tert-OH is 2. The maximum atomic E-state index is 10.4. The van der Waals surface area contributed by atoms with Gasteiger partial charge in [0.1, 0.15) is 6.10 Å². The lowest BCUT2D eigenvalue weighted by molar-refractivity contribution is -0.141. The first-order chi connectivity index (χ1) is 7.54. The molecule has 5 N–H and O–H groups in total. The van der Waals surface area contributed by atoms with Gasteiger partial charge in [-0.1, -0.05) is 24.3 Å². The second-order valence-electron chi connectivity index (χ2n) is 3.56. The number of carboxylic acid groups (broad SMARTS) is 1. The van der Waals surface area contributed by atoms with Gasteiger partial charge in [-0.05, 0) is 11.1 Å². The van der Waals surface area contributed by atoms with Crippen LogP contribution in [-0.2, 0) is 11.3 Å². The fourth-order valence-corrected chi connectivity index (χ4v) is 1.36. The van der Waals surface area contributed by atoms with Gasteiger partial charge < -0.3 is 21.1 Å². The summed E-state index contributed by atoms with van der Waals surface area (Å²) in [7, 11) is 0. The van der Waals surface area contributed by atoms with Crippen molar-refractivity contribution in [1.82, 2.24) is 0 Å². The first-order valence-electron chi connectivity index (χ1n) is 4.91. The number of aliphatic hydroxyl groups is 2. The lowest BCUT2D eigenvalue weighted by atomic mass is 10.0. The van der Waals surface area contributed by atoms with Crippen molar-refractivity contribution in [1.29, 1.82) is 0 Å². The Morgan fingerprint density at radius 1 is 1.25 bits per heavy atom. The van der Waals surface area contributed by atoms with Crippen LogP contribution in [0.5, 0.6) is 0 Å². The predicted octanol–water partition coefficient (Wildman–Crippen LogP) is 0.0143. The first kappa shape index (κ1) is 12.6. The normalized spacial score (nSPS) is 14.4. The molecule has 0 aromatic heterocycles. The first-order valence-corrected chi connectivity index (χ1v) is 4.91. The molecule has 0 aliphatic heterocycles. The molecule has 2 atom stereocenters. The second-order valence-corrected chi connectivity index (χ2v) is 3.56. The van der Waals surface area contributed by atoms with E-state index in [0.717, 1.165) is 5.56 Å². The van der Waals surface area contributed by atoms with Crippen LogP contribution in [0.1, 0.15) is 23.7 Å². The summed E-state index contributed by atoms with van der Waals surface area (Å²) in [5.41, 5.74) is 6.80. The number of aliphatic carboxylic acids is 1. The van der Waals surface area contributed by atoms with Crippen LogP contribution in [0.2, 0.25) is 0 Å². The Labute approximate surface area is 93.1 Å². The summed E-state index contributed by atoms with van der Waals surface area (Å²) in [5.74, 6) is -1.15. The van der Waals surface area contributed by atoms with Gasteiger partial charge in [0.15, 0.2) is 0 Å². The summed E-state index contributed by atoms with van der Waals surface area (Å²) in [4.78, 5) is 10.4. The van der Waals surface area contributed by atoms with Gasteiger partial charge in [0, 0.05) is 6.54 Å². The molecule has 0 fully saturated rings. The van der Waals surface area contributed by atoms with Crippen molar-refractivity contribution in [3.63, 3.8) is 0 Å². The van der Waals surface area contributed by atoms with Gasteiger partial charge in [-0.25, -0.2) is 0 Å². The smallest absolute Gasteiger partial charge is 0.306 e. The highest BCUT2D eigenvalue weighted by Crippen LogP contribution is 2.19. The monoisotopic (exact) mass is 225 g/mol. The van der Waals surface area contributed by atoms with Crippen molar-refractivity contribution >= 4 is 5.97 Å². The Bertz CT molecular complexity index is 350. The minimum Gasteiger partial charge on any atom is -0.481 e. The van der Waals surface area contributed by atoms with Crippen molar-refractivity contribution in [3.05, 3.63) is 35.4 Å². The molecule has 0 saturated carbocycles. The summed E-state index contributed by atoms with van der Waals surface area (Å²) >= 11 is 0. The number of benzene rings is 1. The molecule has 2 unspecified atom stereocenters. The summed E-state index contributed by atoms with van der Waals surface area (Å²) in [5, 5.41) is 27.5. The molecule has 16 heavy (non-hydrogen) atoms. The third-order valence-corrected chi connectivity index (χ3v) is 2.31. The van der Waals surface area contributed by atoms with Crippen LogP contribution < -0.4 is 5.73 Å². The maximum Gasteiger partial charge on any atom is 0.306 e. The molecule has 0 radical (unpaired) electrons. The van der Waals surface area contributed by atoms with Gasteiger partial charge in [0.2, 0.25) is 0 Å². The predicted molar refractivity (Wildman–Crippen MR) is 57.6 cm³/mol. The van der Waals surface area contributed by atoms with E-state index in [4.69, 9.17) is 10.8 Å². The van der Waals surface area contributed by atoms with E-state index < -0.39 is 24.6 Å². The van der Waals surface area contributed by atoms with Crippen molar-refractivity contribution in [2.24, 2.45) is 5.73 Å². The van der Waals surface area contributed by atoms with E-state index in [-0.39, 0.29) is 0 Å². The molecule has 0 bridgehead atoms. The van der Waals surface area contributed by atoms with Gasteiger partial charge in [-0.15, -0.1) is 0 Å². The molecule has 0 spiro atoms. The molecule has 0 aliphatic rings. The molecule has 1 rings (SSSR count). The molecule has 0 saturated heterocycles. The summed E-state index contributed by atoms with van der Waals surface area (Å²) < 4.78 is 0. The zero-order chi connectivity index (χ0) is 12.1. The number of carboxylic acids is 1. The quantitative estimate of drug-likeness (QED) is 0.565. The summed E-state index contributed by atoms with van der Waals surface area (Å²) in [6.45, 7) is 0.397. The van der Waals surface area contributed by atoms with E-state index in [0.29, 0.717) is 12.1 Å². The van der Waals surface area contributed by atoms with Gasteiger partial charge >= 0.3 is 5.97 Å². The fraction of sp³-hybridized carbons (Fsp3) is 0.364. The molecule has 88 valence electrons. The van der Waals surface area contributed by atoms with E-state index >= 15 is 0 Å². The van der Waals surface area contributed by atoms with Crippen LogP contribution in [0.4, 0.5) is 0 Å². The highest BCUT2D eigenvalue weighted by Gasteiger charge is 2.20. The molecule has 5 heteroatoms. The number of rotatable bonds is 5. The fourth-order valence-electron chi connectivity index (χ4n) is 1.36. The lowest BCUT2D eigenvalue weighted by Gasteiger charge is -2.16. The highest BCUT2D eigenvalue weighted by atomic mass is 16.4. The molecule has 0 aliphatic carbocycles. The molecular weight excluding hydrogens is 210 g/mol. The molecule has 1 aromatic rings. The van der Waals surface area contributed by atoms with Crippen LogP contribution in [0.25, 0.3) is 0 Å². The Morgan fingerprint density at radius 2 is 1.81 bits per heavy atom. The van der Waals surface area contributed by atoms with Gasteiger partial charge in [-0.3, -0.25) is 4.79 Å². The van der Waals surface area contributed by atoms with Gasteiger partial charge in [0.25, 0.3) is 0 Å². The van der Waals surface area contributed by atoms with Crippen molar-refractivity contribution in [3.8, 4) is 0 Å². The Kier molecular flexibility index (Phi) is 4.42. The van der Waals surface area contributed by atoms with Crippen LogP contribution >= 0.6 is 0 Å². The maximum absolute atomic E-state index is 10.4. The lowest BCUT2D eigenvalue weighted by Crippen LogP contribution is -2.21. The van der Waals surface area contributed by atoms with E-state index in [1.807, 2.05) is 0 Å². The van der Waals surface area contributed by atoms with Crippen LogP contribution in [0.15, 0.2) is 24.3 Å². The Balaban J connectivity index is 2.71. The number of carbonyl (C=O) groups is 1. The topological polar surface area (TPSA) is 104 Å². The molecule has 1 aromatic carbocycles. The van der Waals surface area contributed by atoms with Crippen molar-refractivity contribution in [2.45, 2.75) is 25.2 Å². The summed E-state index contributed by atoms with van der Waals surface area (Å²) in [6.07, 6.45) is -2.98. The van der Waals surface area contributed by atoms with Gasteiger partial charge in [0.05, 0.1) is 12.5 Å². The van der Waals surface area contributed by atoms with Crippen molar-refractivity contribution < 1.29 is 20.1 Å². The van der Waals surface area contributed by atoms with Gasteiger partial charge in [-0.2, -0.15) is 0 Å². The molecule has 0 amide bonds. The van der Waals surface area contributed by atoms with E-state index in [1.54, 1.807) is 24.3 Å². The average Bonchev–Trinajstić information content (AvgIpc) is 2.27. The molecular formula is C11H15NO4. The Hall–Kier alpha value is -1.43. The Morgan fingerprint density at radius 3 is 2.25 bits per heavy atom. The van der Waals surface area contributed by atoms with E-state index in [2.05, 4.69) is 0 Å². The van der Waals surface area contributed by atoms with Crippen LogP contribution in [0.3, 0.4) is 0 Å². The summed E-state index contributed by atoms with van der Waals surface area (Å²) in [6, 6.07) is 6.70. The third-order valence-electron chi connectivity index (χ3n) is 2.31. The van der Waals surface area contributed by atoms with Crippen molar-refractivity contribution in [2.75, 3.05) is 0 Å². The molecule has 5 nitrogen and oxygen atoms in total. The zero-order valence-electron chi connectivity index (χ0n) is 8.71. The standard InChI is InChI=1S/C11H15NO4/c12-6-7-1-3-8(4-2-7)11(16)9(13)5-10(14)15/h1-4,9,11,13,16H,5-6,12H2,(H,14,15). The number of nitrogens with two attached hydrogens (primary N) is 1. The minimum absolute atomic E-state index is 0.397. The zero-order valence-corrected chi connectivity index (χ0v) is 8.71. The van der Waals surface area contributed by atoms with Crippen LogP contribution in [-0.4, -0.2) is 27.4 Å². The average molecular weight is 225 g/mol. The second kappa shape index (κ2) is 5.60. The van der Waals surface area contributed by atoms with E-state index in [1.165, 1.54) is 0 Å². The number of hydrogen-bond donors (Lipinski definition) is 4. The highest BCUT2D eigenvalue weighted by molar-refractivity contribution is 5.67. The van der Waals surface area contributed by atoms with Crippen LogP contribution in [0, 0.1) is 0 Å². The number of hydrogen-bond acceptors (Lipinski definition) is 4. The molecule has 0 heterocycles. The van der Waals surface area contributed by atoms with E-state index in [9.17, 15) is 15.0 Å². The SMILES string of the molecule is NCc1ccc(C(O)C(O)CC(=O)O)cc1. The minimum atomic E-state index is -1.30.